The van der Waals surface area contributed by atoms with Crippen LogP contribution >= 0.6 is 15.9 Å². The van der Waals surface area contributed by atoms with Gasteiger partial charge in [0.15, 0.2) is 0 Å². The molecule has 1 heterocycles. The van der Waals surface area contributed by atoms with Crippen molar-refractivity contribution in [2.75, 3.05) is 5.73 Å². The average Bonchev–Trinajstić information content (AvgIpc) is 2.61. The van der Waals surface area contributed by atoms with E-state index in [0.717, 1.165) is 26.9 Å². The molecule has 0 fully saturated rings. The van der Waals surface area contributed by atoms with Crippen LogP contribution in [0.3, 0.4) is 0 Å². The quantitative estimate of drug-likeness (QED) is 0.617. The maximum Gasteiger partial charge on any atom is 0.142 e. The molecule has 1 aromatic heterocycles. The first-order valence-electron chi connectivity index (χ1n) is 8.07. The third-order valence-electron chi connectivity index (χ3n) is 4.20. The van der Waals surface area contributed by atoms with E-state index in [1.807, 2.05) is 42.5 Å². The van der Waals surface area contributed by atoms with E-state index in [4.69, 9.17) is 5.73 Å². The summed E-state index contributed by atoms with van der Waals surface area (Å²) in [5.41, 5.74) is 11.2. The first-order valence-corrected chi connectivity index (χ1v) is 8.86. The smallest absolute Gasteiger partial charge is 0.142 e. The van der Waals surface area contributed by atoms with Crippen molar-refractivity contribution in [2.24, 2.45) is 0 Å². The van der Waals surface area contributed by atoms with Crippen LogP contribution in [-0.2, 0) is 0 Å². The van der Waals surface area contributed by atoms with Gasteiger partial charge in [0.25, 0.3) is 0 Å². The van der Waals surface area contributed by atoms with Crippen molar-refractivity contribution in [3.8, 4) is 28.5 Å². The molecule has 124 valence electrons. The van der Waals surface area contributed by atoms with E-state index in [1.54, 1.807) is 0 Å². The number of aromatic nitrogens is 1. The van der Waals surface area contributed by atoms with Crippen molar-refractivity contribution in [1.29, 1.82) is 5.26 Å². The van der Waals surface area contributed by atoms with Crippen molar-refractivity contribution in [2.45, 2.75) is 19.8 Å². The largest absolute Gasteiger partial charge is 0.383 e. The summed E-state index contributed by atoms with van der Waals surface area (Å²) in [5, 5.41) is 9.54. The van der Waals surface area contributed by atoms with E-state index >= 15 is 0 Å². The van der Waals surface area contributed by atoms with Gasteiger partial charge in [-0.05, 0) is 29.2 Å². The van der Waals surface area contributed by atoms with E-state index in [-0.39, 0.29) is 5.82 Å². The van der Waals surface area contributed by atoms with Crippen LogP contribution in [0.2, 0.25) is 0 Å². The van der Waals surface area contributed by atoms with Gasteiger partial charge in [0.05, 0.1) is 5.69 Å². The van der Waals surface area contributed by atoms with E-state index < -0.39 is 0 Å². The molecule has 0 aliphatic rings. The van der Waals surface area contributed by atoms with Crippen molar-refractivity contribution in [3.05, 3.63) is 70.2 Å². The summed E-state index contributed by atoms with van der Waals surface area (Å²) in [7, 11) is 0. The molecule has 0 saturated heterocycles. The molecular weight excluding hydrogens is 374 g/mol. The highest BCUT2D eigenvalue weighted by atomic mass is 79.9. The molecule has 3 nitrogen and oxygen atoms in total. The first kappa shape index (κ1) is 17.2. The van der Waals surface area contributed by atoms with E-state index in [2.05, 4.69) is 53.0 Å². The van der Waals surface area contributed by atoms with Crippen LogP contribution < -0.4 is 5.73 Å². The first-order chi connectivity index (χ1) is 12.0. The van der Waals surface area contributed by atoms with Gasteiger partial charge in [-0.15, -0.1) is 0 Å². The summed E-state index contributed by atoms with van der Waals surface area (Å²) < 4.78 is 0.938. The van der Waals surface area contributed by atoms with Gasteiger partial charge in [0.2, 0.25) is 0 Å². The number of anilines is 1. The summed E-state index contributed by atoms with van der Waals surface area (Å²) in [6.45, 7) is 4.32. The number of nitrogens with zero attached hydrogens (tertiary/aromatic N) is 2. The minimum atomic E-state index is 0.249. The molecule has 0 radical (unpaired) electrons. The standard InChI is InChI=1S/C21H18BrN3/c1-13(2)14-7-9-15(10-8-14)17-11-20(25-21(24)18(17)12-23)16-5-3-4-6-19(16)22/h3-11,13H,1-2H3,(H2,24,25). The summed E-state index contributed by atoms with van der Waals surface area (Å²) in [5.74, 6) is 0.710. The molecule has 0 unspecified atom stereocenters. The minimum absolute atomic E-state index is 0.249. The van der Waals surface area contributed by atoms with Crippen LogP contribution in [0.5, 0.6) is 0 Å². The van der Waals surface area contributed by atoms with Crippen LogP contribution in [0, 0.1) is 11.3 Å². The second-order valence-electron chi connectivity index (χ2n) is 6.18. The number of hydrogen-bond donors (Lipinski definition) is 1. The van der Waals surface area contributed by atoms with Gasteiger partial charge in [-0.2, -0.15) is 5.26 Å². The Bertz CT molecular complexity index is 954. The third-order valence-corrected chi connectivity index (χ3v) is 4.89. The number of pyridine rings is 1. The Morgan fingerprint density at radius 1 is 1.04 bits per heavy atom. The van der Waals surface area contributed by atoms with Gasteiger partial charge in [-0.1, -0.05) is 72.2 Å². The van der Waals surface area contributed by atoms with Crippen LogP contribution in [0.4, 0.5) is 5.82 Å². The molecular formula is C21H18BrN3. The molecule has 0 spiro atoms. The Labute approximate surface area is 156 Å². The Kier molecular flexibility index (Phi) is 4.87. The van der Waals surface area contributed by atoms with E-state index in [9.17, 15) is 5.26 Å². The Balaban J connectivity index is 2.18. The second-order valence-corrected chi connectivity index (χ2v) is 7.04. The summed E-state index contributed by atoms with van der Waals surface area (Å²) >= 11 is 3.55. The zero-order valence-corrected chi connectivity index (χ0v) is 15.7. The van der Waals surface area contributed by atoms with Gasteiger partial charge in [-0.3, -0.25) is 0 Å². The minimum Gasteiger partial charge on any atom is -0.383 e. The third kappa shape index (κ3) is 3.42. The lowest BCUT2D eigenvalue weighted by Crippen LogP contribution is -2.00. The second kappa shape index (κ2) is 7.08. The zero-order chi connectivity index (χ0) is 18.0. The molecule has 0 saturated carbocycles. The fraction of sp³-hybridized carbons (Fsp3) is 0.143. The maximum atomic E-state index is 9.54. The van der Waals surface area contributed by atoms with Crippen molar-refractivity contribution in [1.82, 2.24) is 4.98 Å². The number of hydrogen-bond acceptors (Lipinski definition) is 3. The lowest BCUT2D eigenvalue weighted by atomic mass is 9.95. The van der Waals surface area contributed by atoms with Crippen LogP contribution in [0.15, 0.2) is 59.1 Å². The molecule has 0 aliphatic heterocycles. The molecule has 25 heavy (non-hydrogen) atoms. The van der Waals surface area contributed by atoms with Crippen molar-refractivity contribution in [3.63, 3.8) is 0 Å². The van der Waals surface area contributed by atoms with Crippen LogP contribution in [-0.4, -0.2) is 4.98 Å². The van der Waals surface area contributed by atoms with Crippen molar-refractivity contribution >= 4 is 21.7 Å². The zero-order valence-electron chi connectivity index (χ0n) is 14.1. The lowest BCUT2D eigenvalue weighted by molar-refractivity contribution is 0.867. The molecule has 3 rings (SSSR count). The van der Waals surface area contributed by atoms with E-state index in [1.165, 1.54) is 5.56 Å². The molecule has 2 N–H and O–H groups in total. The Hall–Kier alpha value is -2.64. The van der Waals surface area contributed by atoms with Gasteiger partial charge in [0, 0.05) is 15.6 Å². The van der Waals surface area contributed by atoms with E-state index in [0.29, 0.717) is 11.5 Å². The highest BCUT2D eigenvalue weighted by molar-refractivity contribution is 9.10. The average molecular weight is 392 g/mol. The number of halogens is 1. The topological polar surface area (TPSA) is 62.7 Å². The Morgan fingerprint density at radius 2 is 1.72 bits per heavy atom. The summed E-state index contributed by atoms with van der Waals surface area (Å²) in [4.78, 5) is 4.43. The molecule has 2 aromatic carbocycles. The SMILES string of the molecule is CC(C)c1ccc(-c2cc(-c3ccccc3Br)nc(N)c2C#N)cc1. The monoisotopic (exact) mass is 391 g/mol. The van der Waals surface area contributed by atoms with Crippen LogP contribution in [0.25, 0.3) is 22.4 Å². The fourth-order valence-electron chi connectivity index (χ4n) is 2.76. The maximum absolute atomic E-state index is 9.54. The number of nitrogen functional groups attached to an aromatic ring is 1. The highest BCUT2D eigenvalue weighted by Crippen LogP contribution is 2.34. The molecule has 0 atom stereocenters. The summed E-state index contributed by atoms with van der Waals surface area (Å²) in [6, 6.07) is 20.2. The molecule has 4 heteroatoms. The number of nitrogens with two attached hydrogens (primary N) is 1. The van der Waals surface area contributed by atoms with Crippen molar-refractivity contribution < 1.29 is 0 Å². The van der Waals surface area contributed by atoms with Crippen LogP contribution in [0.1, 0.15) is 30.9 Å². The number of rotatable bonds is 3. The van der Waals surface area contributed by atoms with Gasteiger partial charge < -0.3 is 5.73 Å². The van der Waals surface area contributed by atoms with Gasteiger partial charge >= 0.3 is 0 Å². The number of benzene rings is 2. The predicted octanol–water partition coefficient (Wildman–Crippen LogP) is 5.76. The molecule has 0 amide bonds. The molecule has 0 bridgehead atoms. The predicted molar refractivity (Wildman–Crippen MR) is 106 cm³/mol. The molecule has 0 aliphatic carbocycles. The van der Waals surface area contributed by atoms with Gasteiger partial charge in [0.1, 0.15) is 17.5 Å². The Morgan fingerprint density at radius 3 is 2.32 bits per heavy atom. The normalized spacial score (nSPS) is 10.7. The fourth-order valence-corrected chi connectivity index (χ4v) is 3.25. The molecule has 3 aromatic rings. The summed E-state index contributed by atoms with van der Waals surface area (Å²) in [6.07, 6.45) is 0. The van der Waals surface area contributed by atoms with Gasteiger partial charge in [-0.25, -0.2) is 4.98 Å². The lowest BCUT2D eigenvalue weighted by Gasteiger charge is -2.12. The highest BCUT2D eigenvalue weighted by Gasteiger charge is 2.14. The number of nitriles is 1.